The molecule has 5 N–H and O–H groups in total. The molecule has 12 heteroatoms. The van der Waals surface area contributed by atoms with Gasteiger partial charge in [0.15, 0.2) is 0 Å². The third-order valence-corrected chi connectivity index (χ3v) is 4.69. The van der Waals surface area contributed by atoms with Crippen LogP contribution in [0.3, 0.4) is 0 Å². The first kappa shape index (κ1) is 26.1. The molecule has 2 rings (SSSR count). The van der Waals surface area contributed by atoms with Gasteiger partial charge in [0.2, 0.25) is 11.8 Å². The van der Waals surface area contributed by atoms with E-state index < -0.39 is 41.4 Å². The molecule has 34 heavy (non-hydrogen) atoms. The molecule has 0 unspecified atom stereocenters. The molecule has 2 aromatic carbocycles. The van der Waals surface area contributed by atoms with Crippen LogP contribution in [0.1, 0.15) is 17.5 Å². The topological polar surface area (TPSA) is 183 Å². The van der Waals surface area contributed by atoms with Crippen molar-refractivity contribution in [2.45, 2.75) is 31.6 Å². The molecule has 0 aliphatic rings. The number of carbonyl (C=O) groups excluding carboxylic acids is 3. The molecule has 0 aromatic heterocycles. The molecule has 0 aliphatic heterocycles. The minimum Gasteiger partial charge on any atom is -0.496 e. The van der Waals surface area contributed by atoms with Gasteiger partial charge in [0.05, 0.1) is 24.6 Å². The van der Waals surface area contributed by atoms with Crippen molar-refractivity contribution < 1.29 is 33.9 Å². The van der Waals surface area contributed by atoms with Crippen LogP contribution in [-0.4, -0.2) is 53.7 Å². The van der Waals surface area contributed by atoms with Crippen LogP contribution in [0, 0.1) is 10.1 Å². The van der Waals surface area contributed by atoms with Crippen molar-refractivity contribution in [2.24, 2.45) is 5.73 Å². The summed E-state index contributed by atoms with van der Waals surface area (Å²) in [6, 6.07) is 11.6. The van der Waals surface area contributed by atoms with Gasteiger partial charge >= 0.3 is 6.09 Å². The van der Waals surface area contributed by atoms with E-state index in [2.05, 4.69) is 10.6 Å². The number of nitrogens with one attached hydrogen (secondary N) is 2. The van der Waals surface area contributed by atoms with Gasteiger partial charge in [-0.15, -0.1) is 0 Å². The molecule has 0 fully saturated rings. The van der Waals surface area contributed by atoms with Crippen LogP contribution in [0.25, 0.3) is 0 Å². The maximum atomic E-state index is 12.3. The highest BCUT2D eigenvalue weighted by atomic mass is 16.6. The zero-order valence-corrected chi connectivity index (χ0v) is 18.4. The van der Waals surface area contributed by atoms with Crippen LogP contribution >= 0.6 is 0 Å². The van der Waals surface area contributed by atoms with Crippen molar-refractivity contribution in [2.75, 3.05) is 13.7 Å². The highest BCUT2D eigenvalue weighted by Crippen LogP contribution is 2.25. The summed E-state index contributed by atoms with van der Waals surface area (Å²) in [5.74, 6) is -1.30. The second kappa shape index (κ2) is 12.7. The Bertz CT molecular complexity index is 1020. The lowest BCUT2D eigenvalue weighted by Crippen LogP contribution is -2.47. The van der Waals surface area contributed by atoms with E-state index in [0.29, 0.717) is 5.56 Å². The fraction of sp³-hybridized carbons (Fsp3) is 0.318. The average Bonchev–Trinajstić information content (AvgIpc) is 2.81. The zero-order valence-electron chi connectivity index (χ0n) is 18.4. The highest BCUT2D eigenvalue weighted by molar-refractivity contribution is 5.87. The predicted octanol–water partition coefficient (Wildman–Crippen LogP) is 0.793. The lowest BCUT2D eigenvalue weighted by Gasteiger charge is -2.18. The SMILES string of the molecule is COc1ccc([N+](=O)[O-])cc1C[C@H](NC(=O)C[C@H](O)CNC(=O)OCc1ccccc1)C(N)=O. The minimum absolute atomic E-state index is 0.0463. The number of aliphatic hydroxyl groups excluding tert-OH is 1. The molecular formula is C22H26N4O8. The number of rotatable bonds is 12. The first-order chi connectivity index (χ1) is 16.2. The lowest BCUT2D eigenvalue weighted by atomic mass is 10.0. The van der Waals surface area contributed by atoms with Crippen molar-refractivity contribution in [3.63, 3.8) is 0 Å². The van der Waals surface area contributed by atoms with Crippen LogP contribution < -0.4 is 21.1 Å². The second-order valence-electron chi connectivity index (χ2n) is 7.28. The van der Waals surface area contributed by atoms with E-state index in [1.54, 1.807) is 24.3 Å². The normalized spacial score (nSPS) is 12.2. The van der Waals surface area contributed by atoms with Gasteiger partial charge in [-0.25, -0.2) is 4.79 Å². The number of aliphatic hydroxyl groups is 1. The van der Waals surface area contributed by atoms with Crippen molar-refractivity contribution in [1.29, 1.82) is 0 Å². The summed E-state index contributed by atoms with van der Waals surface area (Å²) in [7, 11) is 1.36. The Kier molecular flexibility index (Phi) is 9.77. The molecule has 2 atom stereocenters. The molecule has 0 heterocycles. The average molecular weight is 474 g/mol. The Labute approximate surface area is 195 Å². The largest absolute Gasteiger partial charge is 0.496 e. The van der Waals surface area contributed by atoms with Gasteiger partial charge < -0.3 is 30.9 Å². The van der Waals surface area contributed by atoms with E-state index in [1.165, 1.54) is 25.3 Å². The van der Waals surface area contributed by atoms with Gasteiger partial charge in [-0.3, -0.25) is 19.7 Å². The maximum Gasteiger partial charge on any atom is 0.407 e. The van der Waals surface area contributed by atoms with Crippen LogP contribution in [0.5, 0.6) is 5.75 Å². The number of hydrogen-bond donors (Lipinski definition) is 4. The minimum atomic E-state index is -1.26. The first-order valence-corrected chi connectivity index (χ1v) is 10.2. The molecule has 3 amide bonds. The number of nitrogens with two attached hydrogens (primary N) is 1. The molecule has 2 aromatic rings. The fourth-order valence-corrected chi connectivity index (χ4v) is 3.00. The summed E-state index contributed by atoms with van der Waals surface area (Å²) in [6.07, 6.45) is -2.62. The van der Waals surface area contributed by atoms with E-state index in [9.17, 15) is 29.6 Å². The Morgan fingerprint density at radius 3 is 2.50 bits per heavy atom. The van der Waals surface area contributed by atoms with Crippen molar-refractivity contribution in [1.82, 2.24) is 10.6 Å². The first-order valence-electron chi connectivity index (χ1n) is 10.2. The summed E-state index contributed by atoms with van der Waals surface area (Å²) in [5, 5.41) is 25.8. The smallest absolute Gasteiger partial charge is 0.407 e. The Morgan fingerprint density at radius 1 is 1.18 bits per heavy atom. The van der Waals surface area contributed by atoms with Gasteiger partial charge in [-0.2, -0.15) is 0 Å². The third kappa shape index (κ3) is 8.39. The number of ether oxygens (including phenoxy) is 2. The molecule has 0 saturated heterocycles. The molecule has 12 nitrogen and oxygen atoms in total. The fourth-order valence-electron chi connectivity index (χ4n) is 3.00. The monoisotopic (exact) mass is 474 g/mol. The summed E-state index contributed by atoms with van der Waals surface area (Å²) in [4.78, 5) is 46.3. The van der Waals surface area contributed by atoms with Crippen LogP contribution in [0.15, 0.2) is 48.5 Å². The molecule has 0 radical (unpaired) electrons. The quantitative estimate of drug-likeness (QED) is 0.257. The number of nitrogens with zero attached hydrogens (tertiary/aromatic N) is 1. The van der Waals surface area contributed by atoms with Crippen LogP contribution in [0.2, 0.25) is 0 Å². The molecule has 0 spiro atoms. The van der Waals surface area contributed by atoms with E-state index in [1.807, 2.05) is 6.07 Å². The zero-order chi connectivity index (χ0) is 25.1. The number of hydrogen-bond acceptors (Lipinski definition) is 8. The Hall–Kier alpha value is -4.19. The number of benzene rings is 2. The summed E-state index contributed by atoms with van der Waals surface area (Å²) in [5.41, 5.74) is 6.23. The Balaban J connectivity index is 1.86. The molecule has 0 saturated carbocycles. The molecule has 0 aliphatic carbocycles. The van der Waals surface area contributed by atoms with Gasteiger partial charge in [0.1, 0.15) is 18.4 Å². The van der Waals surface area contributed by atoms with Crippen molar-refractivity contribution in [3.05, 3.63) is 69.8 Å². The predicted molar refractivity (Wildman–Crippen MR) is 120 cm³/mol. The maximum absolute atomic E-state index is 12.3. The van der Waals surface area contributed by atoms with Gasteiger partial charge in [0.25, 0.3) is 5.69 Å². The number of non-ortho nitro benzene ring substituents is 1. The van der Waals surface area contributed by atoms with E-state index in [0.717, 1.165) is 5.56 Å². The number of nitro benzene ring substituents is 1. The standard InChI is InChI=1S/C22H26N4O8/c1-33-19-8-7-16(26(31)32)9-15(19)10-18(21(23)29)25-20(28)11-17(27)12-24-22(30)34-13-14-5-3-2-4-6-14/h2-9,17-18,27H,10-13H2,1H3,(H2,23,29)(H,24,30)(H,25,28)/t17-,18-/m0/s1. The molecule has 182 valence electrons. The molecule has 0 bridgehead atoms. The van der Waals surface area contributed by atoms with E-state index in [-0.39, 0.29) is 31.0 Å². The van der Waals surface area contributed by atoms with Crippen molar-refractivity contribution in [3.8, 4) is 5.75 Å². The number of carbonyl (C=O) groups is 3. The molecular weight excluding hydrogens is 448 g/mol. The summed E-state index contributed by atoms with van der Waals surface area (Å²) < 4.78 is 10.2. The van der Waals surface area contributed by atoms with Gasteiger partial charge in [0, 0.05) is 30.7 Å². The van der Waals surface area contributed by atoms with E-state index in [4.69, 9.17) is 15.2 Å². The van der Waals surface area contributed by atoms with Gasteiger partial charge in [-0.1, -0.05) is 30.3 Å². The number of alkyl carbamates (subject to hydrolysis) is 1. The van der Waals surface area contributed by atoms with Crippen molar-refractivity contribution >= 4 is 23.6 Å². The Morgan fingerprint density at radius 2 is 1.88 bits per heavy atom. The number of methoxy groups -OCH3 is 1. The summed E-state index contributed by atoms with van der Waals surface area (Å²) >= 11 is 0. The summed E-state index contributed by atoms with van der Waals surface area (Å²) in [6.45, 7) is -0.217. The van der Waals surface area contributed by atoms with Gasteiger partial charge in [-0.05, 0) is 11.6 Å². The third-order valence-electron chi connectivity index (χ3n) is 4.69. The second-order valence-corrected chi connectivity index (χ2v) is 7.28. The number of amides is 3. The van der Waals surface area contributed by atoms with Crippen LogP contribution in [-0.2, 0) is 27.4 Å². The highest BCUT2D eigenvalue weighted by Gasteiger charge is 2.23. The lowest BCUT2D eigenvalue weighted by molar-refractivity contribution is -0.384. The van der Waals surface area contributed by atoms with E-state index >= 15 is 0 Å². The van der Waals surface area contributed by atoms with Crippen LogP contribution in [0.4, 0.5) is 10.5 Å². The number of primary amides is 1. The number of nitro groups is 1.